The first kappa shape index (κ1) is 18.2. The molecular formula is C18H29N5O2S. The smallest absolute Gasteiger partial charge is 0.233 e. The van der Waals surface area contributed by atoms with Crippen molar-refractivity contribution >= 4 is 17.7 Å². The van der Waals surface area contributed by atoms with Gasteiger partial charge in [0.25, 0.3) is 0 Å². The molecule has 144 valence electrons. The molecule has 6 atom stereocenters. The number of rotatable bonds is 7. The van der Waals surface area contributed by atoms with Gasteiger partial charge in [-0.15, -0.1) is 5.10 Å². The number of carbonyl (C=O) groups is 1. The predicted octanol–water partition coefficient (Wildman–Crippen LogP) is 2.27. The van der Waals surface area contributed by atoms with Crippen molar-refractivity contribution in [2.45, 2.75) is 81.5 Å². The number of hydrogen-bond donors (Lipinski definition) is 1. The van der Waals surface area contributed by atoms with Crippen LogP contribution in [-0.4, -0.2) is 50.1 Å². The highest BCUT2D eigenvalue weighted by atomic mass is 32.2. The van der Waals surface area contributed by atoms with Crippen LogP contribution >= 0.6 is 11.8 Å². The summed E-state index contributed by atoms with van der Waals surface area (Å²) in [4.78, 5) is 12.7. The summed E-state index contributed by atoms with van der Waals surface area (Å²) in [7, 11) is 0. The Hall–Kier alpha value is -1.15. The van der Waals surface area contributed by atoms with Crippen LogP contribution in [0.15, 0.2) is 5.16 Å². The lowest BCUT2D eigenvalue weighted by molar-refractivity contribution is -0.121. The minimum Gasteiger partial charge on any atom is -0.376 e. The quantitative estimate of drug-likeness (QED) is 0.732. The van der Waals surface area contributed by atoms with Crippen molar-refractivity contribution in [1.29, 1.82) is 0 Å². The number of tetrazole rings is 1. The van der Waals surface area contributed by atoms with E-state index in [1.54, 1.807) is 4.68 Å². The molecule has 1 aromatic heterocycles. The molecule has 8 heteroatoms. The fraction of sp³-hybridized carbons (Fsp3) is 0.889. The molecule has 1 aliphatic heterocycles. The summed E-state index contributed by atoms with van der Waals surface area (Å²) >= 11 is 1.43. The number of nitrogens with one attached hydrogen (secondary N) is 1. The van der Waals surface area contributed by atoms with Gasteiger partial charge in [0.1, 0.15) is 0 Å². The molecule has 7 nitrogen and oxygen atoms in total. The molecule has 2 heterocycles. The Kier molecular flexibility index (Phi) is 5.50. The van der Waals surface area contributed by atoms with Gasteiger partial charge < -0.3 is 10.1 Å². The van der Waals surface area contributed by atoms with Crippen LogP contribution in [0.3, 0.4) is 0 Å². The molecule has 1 amide bonds. The second-order valence-electron chi connectivity index (χ2n) is 8.17. The highest BCUT2D eigenvalue weighted by molar-refractivity contribution is 8.00. The fourth-order valence-corrected chi connectivity index (χ4v) is 5.75. The maximum Gasteiger partial charge on any atom is 0.233 e. The van der Waals surface area contributed by atoms with Crippen LogP contribution < -0.4 is 5.32 Å². The maximum absolute atomic E-state index is 12.7. The highest BCUT2D eigenvalue weighted by Crippen LogP contribution is 2.49. The van der Waals surface area contributed by atoms with E-state index in [-0.39, 0.29) is 23.3 Å². The van der Waals surface area contributed by atoms with Gasteiger partial charge >= 0.3 is 0 Å². The summed E-state index contributed by atoms with van der Waals surface area (Å²) in [5.74, 6) is 2.45. The van der Waals surface area contributed by atoms with E-state index in [4.69, 9.17) is 4.74 Å². The maximum atomic E-state index is 12.7. The molecule has 0 aromatic carbocycles. The summed E-state index contributed by atoms with van der Waals surface area (Å²) in [5.41, 5.74) is 0. The molecule has 1 N–H and O–H groups in total. The topological polar surface area (TPSA) is 81.9 Å². The van der Waals surface area contributed by atoms with Crippen LogP contribution in [0.4, 0.5) is 0 Å². The van der Waals surface area contributed by atoms with Crippen LogP contribution in [0.25, 0.3) is 0 Å². The molecule has 2 aliphatic carbocycles. The lowest BCUT2D eigenvalue weighted by Crippen LogP contribution is -2.43. The van der Waals surface area contributed by atoms with Gasteiger partial charge in [0.15, 0.2) is 0 Å². The second-order valence-corrected chi connectivity index (χ2v) is 9.48. The third kappa shape index (κ3) is 3.91. The molecule has 26 heavy (non-hydrogen) atoms. The Balaban J connectivity index is 1.29. The van der Waals surface area contributed by atoms with E-state index in [0.29, 0.717) is 17.6 Å². The summed E-state index contributed by atoms with van der Waals surface area (Å²) in [6, 6.07) is 0.253. The van der Waals surface area contributed by atoms with Gasteiger partial charge in [-0.3, -0.25) is 4.79 Å². The molecule has 4 rings (SSSR count). The zero-order valence-corrected chi connectivity index (χ0v) is 16.5. The van der Waals surface area contributed by atoms with Crippen molar-refractivity contribution in [3.63, 3.8) is 0 Å². The number of thioether (sulfide) groups is 1. The van der Waals surface area contributed by atoms with E-state index >= 15 is 0 Å². The van der Waals surface area contributed by atoms with Gasteiger partial charge in [-0.25, -0.2) is 4.68 Å². The number of ether oxygens (including phenoxy) is 1. The summed E-state index contributed by atoms with van der Waals surface area (Å²) in [5, 5.41) is 15.7. The Labute approximate surface area is 159 Å². The monoisotopic (exact) mass is 379 g/mol. The van der Waals surface area contributed by atoms with Crippen molar-refractivity contribution in [2.75, 3.05) is 6.61 Å². The van der Waals surface area contributed by atoms with Crippen LogP contribution in [0, 0.1) is 17.8 Å². The van der Waals surface area contributed by atoms with Crippen molar-refractivity contribution in [3.05, 3.63) is 0 Å². The number of carbonyl (C=O) groups excluding carboxylic acids is 1. The van der Waals surface area contributed by atoms with E-state index in [1.165, 1.54) is 37.4 Å². The largest absolute Gasteiger partial charge is 0.376 e. The summed E-state index contributed by atoms with van der Waals surface area (Å²) in [6.07, 6.45) is 7.70. The van der Waals surface area contributed by atoms with Gasteiger partial charge in [-0.2, -0.15) is 0 Å². The average molecular weight is 380 g/mol. The van der Waals surface area contributed by atoms with Gasteiger partial charge in [-0.05, 0) is 74.1 Å². The first-order valence-electron chi connectivity index (χ1n) is 9.95. The molecule has 3 aliphatic rings. The predicted molar refractivity (Wildman–Crippen MR) is 98.7 cm³/mol. The molecule has 1 aromatic rings. The molecule has 1 saturated heterocycles. The fourth-order valence-electron chi connectivity index (χ4n) is 4.94. The lowest BCUT2D eigenvalue weighted by atomic mass is 9.84. The van der Waals surface area contributed by atoms with Gasteiger partial charge in [0.2, 0.25) is 11.1 Å². The third-order valence-corrected chi connectivity index (χ3v) is 7.43. The number of amides is 1. The van der Waals surface area contributed by atoms with Crippen molar-refractivity contribution in [2.24, 2.45) is 17.8 Å². The highest BCUT2D eigenvalue weighted by Gasteiger charge is 2.42. The first-order valence-corrected chi connectivity index (χ1v) is 10.8. The molecule has 2 bridgehead atoms. The Morgan fingerprint density at radius 2 is 2.23 bits per heavy atom. The van der Waals surface area contributed by atoms with E-state index in [2.05, 4.69) is 27.8 Å². The van der Waals surface area contributed by atoms with Crippen molar-refractivity contribution in [3.8, 4) is 0 Å². The number of hydrogen-bond acceptors (Lipinski definition) is 6. The van der Waals surface area contributed by atoms with E-state index < -0.39 is 0 Å². The molecule has 6 unspecified atom stereocenters. The number of fused-ring (bicyclic) bond motifs is 2. The summed E-state index contributed by atoms with van der Waals surface area (Å²) in [6.45, 7) is 5.57. The summed E-state index contributed by atoms with van der Waals surface area (Å²) < 4.78 is 7.43. The van der Waals surface area contributed by atoms with Crippen LogP contribution in [0.5, 0.6) is 0 Å². The zero-order valence-electron chi connectivity index (χ0n) is 15.6. The van der Waals surface area contributed by atoms with E-state index in [0.717, 1.165) is 31.3 Å². The normalized spacial score (nSPS) is 32.7. The lowest BCUT2D eigenvalue weighted by Gasteiger charge is -2.29. The molecule has 0 spiro atoms. The standard InChI is InChI=1S/C18H29N5O2S/c1-11(16-9-13-5-6-14(16)8-13)19-17(24)12(2)26-18-20-21-22-23(18)10-15-4-3-7-25-15/h11-16H,3-10H2,1-2H3,(H,19,24). The first-order chi connectivity index (χ1) is 12.6. The molecule has 2 saturated carbocycles. The van der Waals surface area contributed by atoms with Gasteiger partial charge in [-0.1, -0.05) is 18.2 Å². The van der Waals surface area contributed by atoms with Gasteiger partial charge in [0, 0.05) is 12.6 Å². The Morgan fingerprint density at radius 3 is 2.92 bits per heavy atom. The molecular weight excluding hydrogens is 350 g/mol. The van der Waals surface area contributed by atoms with Crippen LogP contribution in [-0.2, 0) is 16.1 Å². The van der Waals surface area contributed by atoms with E-state index in [1.807, 2.05) is 6.92 Å². The second kappa shape index (κ2) is 7.84. The van der Waals surface area contributed by atoms with Crippen LogP contribution in [0.2, 0.25) is 0 Å². The SMILES string of the molecule is CC(Sc1nnnn1CC1CCCO1)C(=O)NC(C)C1CC2CCC1C2. The number of nitrogens with zero attached hydrogens (tertiary/aromatic N) is 4. The minimum atomic E-state index is -0.217. The van der Waals surface area contributed by atoms with Crippen molar-refractivity contribution < 1.29 is 9.53 Å². The average Bonchev–Trinajstić information content (AvgIpc) is 3.41. The van der Waals surface area contributed by atoms with Crippen molar-refractivity contribution in [1.82, 2.24) is 25.5 Å². The van der Waals surface area contributed by atoms with Crippen LogP contribution in [0.1, 0.15) is 52.4 Å². The zero-order chi connectivity index (χ0) is 18.1. The third-order valence-electron chi connectivity index (χ3n) is 6.36. The Bertz CT molecular complexity index is 633. The number of aromatic nitrogens is 4. The van der Waals surface area contributed by atoms with E-state index in [9.17, 15) is 4.79 Å². The molecule has 0 radical (unpaired) electrons. The Morgan fingerprint density at radius 1 is 1.35 bits per heavy atom. The molecule has 3 fully saturated rings. The minimum absolute atomic E-state index is 0.0805. The van der Waals surface area contributed by atoms with Gasteiger partial charge in [0.05, 0.1) is 17.9 Å².